The molecule has 1 aliphatic heterocycles. The molecular formula is C30H27BO3. The van der Waals surface area contributed by atoms with Gasteiger partial charge in [0.1, 0.15) is 11.2 Å². The van der Waals surface area contributed by atoms with Crippen molar-refractivity contribution in [3.63, 3.8) is 0 Å². The number of hydrogen-bond acceptors (Lipinski definition) is 3. The van der Waals surface area contributed by atoms with Gasteiger partial charge in [-0.2, -0.15) is 0 Å². The van der Waals surface area contributed by atoms with E-state index in [9.17, 15) is 0 Å². The largest absolute Gasteiger partial charge is 0.494 e. The molecule has 0 unspecified atom stereocenters. The molecule has 0 bridgehead atoms. The summed E-state index contributed by atoms with van der Waals surface area (Å²) in [7, 11) is -0.366. The summed E-state index contributed by atoms with van der Waals surface area (Å²) in [5.74, 6) is 0. The summed E-state index contributed by atoms with van der Waals surface area (Å²) in [6, 6.07) is 31.6. The summed E-state index contributed by atoms with van der Waals surface area (Å²) >= 11 is 0. The van der Waals surface area contributed by atoms with Gasteiger partial charge >= 0.3 is 7.12 Å². The van der Waals surface area contributed by atoms with Crippen LogP contribution >= 0.6 is 0 Å². The third-order valence-corrected chi connectivity index (χ3v) is 7.36. The van der Waals surface area contributed by atoms with Crippen LogP contribution in [0.2, 0.25) is 0 Å². The molecule has 0 amide bonds. The Morgan fingerprint density at radius 2 is 1.03 bits per heavy atom. The van der Waals surface area contributed by atoms with Crippen molar-refractivity contribution >= 4 is 34.5 Å². The van der Waals surface area contributed by atoms with E-state index in [0.29, 0.717) is 0 Å². The lowest BCUT2D eigenvalue weighted by atomic mass is 9.78. The zero-order valence-electron chi connectivity index (χ0n) is 20.0. The first-order valence-corrected chi connectivity index (χ1v) is 11.8. The highest BCUT2D eigenvalue weighted by molar-refractivity contribution is 6.62. The average molecular weight is 446 g/mol. The quantitative estimate of drug-likeness (QED) is 0.274. The number of fused-ring (bicyclic) bond motifs is 3. The molecule has 0 aliphatic carbocycles. The second kappa shape index (κ2) is 7.59. The molecule has 0 atom stereocenters. The summed E-state index contributed by atoms with van der Waals surface area (Å²) in [5, 5.41) is 2.26. The van der Waals surface area contributed by atoms with E-state index in [1.54, 1.807) is 0 Å². The topological polar surface area (TPSA) is 31.6 Å². The van der Waals surface area contributed by atoms with Crippen LogP contribution in [-0.2, 0) is 9.31 Å². The minimum Gasteiger partial charge on any atom is -0.455 e. The molecule has 4 aromatic carbocycles. The molecule has 5 aromatic rings. The van der Waals surface area contributed by atoms with Gasteiger partial charge in [-0.3, -0.25) is 0 Å². The molecule has 0 radical (unpaired) electrons. The van der Waals surface area contributed by atoms with Crippen LogP contribution in [0.3, 0.4) is 0 Å². The lowest BCUT2D eigenvalue weighted by Crippen LogP contribution is -2.41. The van der Waals surface area contributed by atoms with Crippen LogP contribution < -0.4 is 5.46 Å². The zero-order chi connectivity index (χ0) is 23.5. The molecule has 2 heterocycles. The Labute approximate surface area is 200 Å². The highest BCUT2D eigenvalue weighted by atomic mass is 16.7. The fourth-order valence-electron chi connectivity index (χ4n) is 4.69. The molecule has 4 heteroatoms. The second-order valence-corrected chi connectivity index (χ2v) is 10.0. The highest BCUT2D eigenvalue weighted by Crippen LogP contribution is 2.40. The molecule has 168 valence electrons. The van der Waals surface area contributed by atoms with Crippen molar-refractivity contribution in [2.45, 2.75) is 38.9 Å². The first kappa shape index (κ1) is 21.2. The summed E-state index contributed by atoms with van der Waals surface area (Å²) in [6.45, 7) is 8.31. The zero-order valence-corrected chi connectivity index (χ0v) is 20.0. The van der Waals surface area contributed by atoms with Crippen LogP contribution in [0.1, 0.15) is 27.7 Å². The molecule has 0 N–H and O–H groups in total. The maximum atomic E-state index is 6.56. The smallest absolute Gasteiger partial charge is 0.455 e. The fourth-order valence-corrected chi connectivity index (χ4v) is 4.69. The molecule has 1 fully saturated rings. The number of para-hydroxylation sites is 2. The standard InChI is InChI=1S/C30H27BO3/c1-29(2)30(3,4)34-31(33-29)22-18-16-21(17-19-22)24-13-9-15-26-25-14-8-12-23(27(25)32-28(24)26)20-10-6-5-7-11-20/h5-19H,1-4H3. The Morgan fingerprint density at radius 3 is 1.56 bits per heavy atom. The van der Waals surface area contributed by atoms with E-state index in [4.69, 9.17) is 13.7 Å². The number of benzene rings is 4. The molecule has 6 rings (SSSR count). The van der Waals surface area contributed by atoms with E-state index < -0.39 is 0 Å². The van der Waals surface area contributed by atoms with E-state index >= 15 is 0 Å². The maximum absolute atomic E-state index is 6.56. The summed E-state index contributed by atoms with van der Waals surface area (Å²) < 4.78 is 19.0. The maximum Gasteiger partial charge on any atom is 0.494 e. The Hall–Kier alpha value is -3.34. The van der Waals surface area contributed by atoms with Gasteiger partial charge in [0, 0.05) is 21.9 Å². The highest BCUT2D eigenvalue weighted by Gasteiger charge is 2.51. The van der Waals surface area contributed by atoms with Crippen LogP contribution in [0, 0.1) is 0 Å². The average Bonchev–Trinajstić information content (AvgIpc) is 3.33. The van der Waals surface area contributed by atoms with Gasteiger partial charge in [-0.25, -0.2) is 0 Å². The van der Waals surface area contributed by atoms with Gasteiger partial charge in [-0.15, -0.1) is 0 Å². The summed E-state index contributed by atoms with van der Waals surface area (Å²) in [4.78, 5) is 0. The van der Waals surface area contributed by atoms with Gasteiger partial charge in [0.25, 0.3) is 0 Å². The molecule has 1 aliphatic rings. The minimum atomic E-state index is -0.366. The van der Waals surface area contributed by atoms with Crippen LogP contribution in [0.15, 0.2) is 95.4 Å². The van der Waals surface area contributed by atoms with Crippen LogP contribution in [0.25, 0.3) is 44.2 Å². The Balaban J connectivity index is 1.42. The summed E-state index contributed by atoms with van der Waals surface area (Å²) in [6.07, 6.45) is 0. The van der Waals surface area contributed by atoms with E-state index in [-0.39, 0.29) is 18.3 Å². The number of hydrogen-bond donors (Lipinski definition) is 0. The minimum absolute atomic E-state index is 0.354. The molecule has 34 heavy (non-hydrogen) atoms. The fraction of sp³-hybridized carbons (Fsp3) is 0.200. The Morgan fingerprint density at radius 1 is 0.529 bits per heavy atom. The van der Waals surface area contributed by atoms with Crippen LogP contribution in [0.5, 0.6) is 0 Å². The van der Waals surface area contributed by atoms with Crippen molar-refractivity contribution in [2.75, 3.05) is 0 Å². The van der Waals surface area contributed by atoms with Gasteiger partial charge in [0.2, 0.25) is 0 Å². The van der Waals surface area contributed by atoms with Crippen LogP contribution in [-0.4, -0.2) is 18.3 Å². The first-order chi connectivity index (χ1) is 16.3. The SMILES string of the molecule is CC1(C)OB(c2ccc(-c3cccc4c3oc3c(-c5ccccc5)cccc34)cc2)OC1(C)C. The Kier molecular flexibility index (Phi) is 4.74. The van der Waals surface area contributed by atoms with Crippen molar-refractivity contribution in [1.82, 2.24) is 0 Å². The molecule has 1 aromatic heterocycles. The van der Waals surface area contributed by atoms with Gasteiger partial charge < -0.3 is 13.7 Å². The van der Waals surface area contributed by atoms with Crippen molar-refractivity contribution in [2.24, 2.45) is 0 Å². The van der Waals surface area contributed by atoms with E-state index in [2.05, 4.69) is 113 Å². The molecule has 0 saturated carbocycles. The molecule has 0 spiro atoms. The summed E-state index contributed by atoms with van der Waals surface area (Å²) in [5.41, 5.74) is 6.58. The molecule has 3 nitrogen and oxygen atoms in total. The van der Waals surface area contributed by atoms with Crippen molar-refractivity contribution in [3.8, 4) is 22.3 Å². The lowest BCUT2D eigenvalue weighted by Gasteiger charge is -2.32. The Bertz CT molecular complexity index is 1480. The van der Waals surface area contributed by atoms with E-state index in [1.807, 2.05) is 6.07 Å². The van der Waals surface area contributed by atoms with Gasteiger partial charge in [-0.05, 0) is 44.3 Å². The lowest BCUT2D eigenvalue weighted by molar-refractivity contribution is 0.00578. The normalized spacial score (nSPS) is 17.0. The number of rotatable bonds is 3. The third-order valence-electron chi connectivity index (χ3n) is 7.36. The van der Waals surface area contributed by atoms with Crippen LogP contribution in [0.4, 0.5) is 0 Å². The van der Waals surface area contributed by atoms with E-state index in [1.165, 1.54) is 0 Å². The monoisotopic (exact) mass is 446 g/mol. The van der Waals surface area contributed by atoms with E-state index in [0.717, 1.165) is 49.7 Å². The third kappa shape index (κ3) is 3.29. The van der Waals surface area contributed by atoms with Crippen molar-refractivity contribution in [3.05, 3.63) is 91.0 Å². The molecular weight excluding hydrogens is 419 g/mol. The predicted octanol–water partition coefficient (Wildman–Crippen LogP) is 7.22. The number of furan rings is 1. The first-order valence-electron chi connectivity index (χ1n) is 11.8. The van der Waals surface area contributed by atoms with Gasteiger partial charge in [0.05, 0.1) is 11.2 Å². The second-order valence-electron chi connectivity index (χ2n) is 10.0. The van der Waals surface area contributed by atoms with Crippen molar-refractivity contribution < 1.29 is 13.7 Å². The predicted molar refractivity (Wildman–Crippen MR) is 140 cm³/mol. The van der Waals surface area contributed by atoms with Gasteiger partial charge in [0.15, 0.2) is 0 Å². The van der Waals surface area contributed by atoms with Gasteiger partial charge in [-0.1, -0.05) is 91.0 Å². The van der Waals surface area contributed by atoms with Crippen molar-refractivity contribution in [1.29, 1.82) is 0 Å². The molecule has 1 saturated heterocycles.